The molecule has 0 aliphatic rings. The summed E-state index contributed by atoms with van der Waals surface area (Å²) in [6, 6.07) is 5.50. The maximum atomic E-state index is 11.2. The van der Waals surface area contributed by atoms with Crippen LogP contribution in [-0.4, -0.2) is 41.8 Å². The molecule has 0 aromatic heterocycles. The minimum absolute atomic E-state index is 0.385. The van der Waals surface area contributed by atoms with Crippen LogP contribution in [0.2, 0.25) is 0 Å². The van der Waals surface area contributed by atoms with Crippen LogP contribution in [0.3, 0.4) is 0 Å². The van der Waals surface area contributed by atoms with Gasteiger partial charge in [-0.15, -0.1) is 0 Å². The second-order valence-electron chi connectivity index (χ2n) is 4.08. The molecule has 0 saturated heterocycles. The molecule has 2 atom stereocenters. The van der Waals surface area contributed by atoms with Gasteiger partial charge in [-0.1, -0.05) is 12.1 Å². The highest BCUT2D eigenvalue weighted by Gasteiger charge is 2.29. The molecule has 0 radical (unpaired) electrons. The van der Waals surface area contributed by atoms with E-state index in [4.69, 9.17) is 9.84 Å². The molecule has 6 nitrogen and oxygen atoms in total. The first-order valence-electron chi connectivity index (χ1n) is 5.74. The van der Waals surface area contributed by atoms with Crippen molar-refractivity contribution in [2.24, 2.45) is 0 Å². The molecule has 3 N–H and O–H groups in total. The van der Waals surface area contributed by atoms with E-state index in [-0.39, 0.29) is 6.61 Å². The number of benzene rings is 1. The Labute approximate surface area is 111 Å². The van der Waals surface area contributed by atoms with Crippen molar-refractivity contribution in [1.82, 2.24) is 5.32 Å². The SMILES string of the molecule is COc1ccc(C(CO)[C@@H](NC(C)=O)C(=O)O)cc1. The molecule has 19 heavy (non-hydrogen) atoms. The number of carboxylic acid groups (broad SMARTS) is 1. The molecule has 0 bridgehead atoms. The summed E-state index contributed by atoms with van der Waals surface area (Å²) < 4.78 is 5.01. The zero-order valence-corrected chi connectivity index (χ0v) is 10.8. The third kappa shape index (κ3) is 3.96. The van der Waals surface area contributed by atoms with Gasteiger partial charge in [0.15, 0.2) is 0 Å². The quantitative estimate of drug-likeness (QED) is 0.691. The van der Waals surface area contributed by atoms with Crippen LogP contribution >= 0.6 is 0 Å². The fourth-order valence-corrected chi connectivity index (χ4v) is 1.81. The zero-order chi connectivity index (χ0) is 14.4. The largest absolute Gasteiger partial charge is 0.497 e. The molecule has 6 heteroatoms. The molecule has 1 aromatic rings. The van der Waals surface area contributed by atoms with E-state index in [1.807, 2.05) is 0 Å². The average Bonchev–Trinajstić information content (AvgIpc) is 2.38. The second-order valence-corrected chi connectivity index (χ2v) is 4.08. The summed E-state index contributed by atoms with van der Waals surface area (Å²) in [5.74, 6) is -1.73. The summed E-state index contributed by atoms with van der Waals surface area (Å²) in [6.07, 6.45) is 0. The van der Waals surface area contributed by atoms with Gasteiger partial charge in [0.05, 0.1) is 13.7 Å². The Morgan fingerprint density at radius 1 is 1.32 bits per heavy atom. The monoisotopic (exact) mass is 267 g/mol. The number of aliphatic hydroxyl groups excluding tert-OH is 1. The number of aliphatic hydroxyl groups is 1. The van der Waals surface area contributed by atoms with Crippen molar-refractivity contribution in [3.63, 3.8) is 0 Å². The van der Waals surface area contributed by atoms with Crippen LogP contribution < -0.4 is 10.1 Å². The molecule has 1 unspecified atom stereocenters. The number of methoxy groups -OCH3 is 1. The number of ether oxygens (including phenoxy) is 1. The van der Waals surface area contributed by atoms with Crippen LogP contribution in [0.15, 0.2) is 24.3 Å². The molecule has 0 fully saturated rings. The van der Waals surface area contributed by atoms with Crippen molar-refractivity contribution in [3.05, 3.63) is 29.8 Å². The molecule has 0 heterocycles. The normalized spacial score (nSPS) is 13.4. The van der Waals surface area contributed by atoms with Crippen molar-refractivity contribution < 1.29 is 24.5 Å². The van der Waals surface area contributed by atoms with Gasteiger partial charge in [-0.3, -0.25) is 4.79 Å². The summed E-state index contributed by atoms with van der Waals surface area (Å²) in [5.41, 5.74) is 0.615. The van der Waals surface area contributed by atoms with E-state index in [0.717, 1.165) is 0 Å². The first-order chi connectivity index (χ1) is 8.99. The lowest BCUT2D eigenvalue weighted by molar-refractivity contribution is -0.142. The number of hydrogen-bond acceptors (Lipinski definition) is 4. The summed E-state index contributed by atoms with van der Waals surface area (Å²) in [4.78, 5) is 22.2. The van der Waals surface area contributed by atoms with Gasteiger partial charge < -0.3 is 20.3 Å². The van der Waals surface area contributed by atoms with Crippen LogP contribution in [-0.2, 0) is 9.59 Å². The smallest absolute Gasteiger partial charge is 0.326 e. The Kier molecular flexibility index (Phi) is 5.32. The lowest BCUT2D eigenvalue weighted by Crippen LogP contribution is -2.45. The summed E-state index contributed by atoms with van der Waals surface area (Å²) in [6.45, 7) is 0.849. The molecule has 0 aliphatic carbocycles. The van der Waals surface area contributed by atoms with Crippen molar-refractivity contribution in [2.45, 2.75) is 18.9 Å². The molecule has 104 valence electrons. The standard InChI is InChI=1S/C13H17NO5/c1-8(16)14-12(13(17)18)11(7-15)9-3-5-10(19-2)6-4-9/h3-6,11-12,15H,7H2,1-2H3,(H,14,16)(H,17,18)/t11?,12-/m1/s1. The summed E-state index contributed by atoms with van der Waals surface area (Å²) in [5, 5.41) is 20.9. The van der Waals surface area contributed by atoms with Crippen molar-refractivity contribution >= 4 is 11.9 Å². The third-order valence-electron chi connectivity index (χ3n) is 2.77. The molecule has 1 amide bonds. The Bertz CT molecular complexity index is 443. The lowest BCUT2D eigenvalue weighted by Gasteiger charge is -2.23. The highest BCUT2D eigenvalue weighted by Crippen LogP contribution is 2.22. The van der Waals surface area contributed by atoms with E-state index < -0.39 is 23.8 Å². The third-order valence-corrected chi connectivity index (χ3v) is 2.77. The maximum absolute atomic E-state index is 11.2. The number of hydrogen-bond donors (Lipinski definition) is 3. The number of carboxylic acids is 1. The first-order valence-corrected chi connectivity index (χ1v) is 5.74. The second kappa shape index (κ2) is 6.75. The van der Waals surface area contributed by atoms with Gasteiger partial charge >= 0.3 is 5.97 Å². The van der Waals surface area contributed by atoms with Crippen LogP contribution in [0.25, 0.3) is 0 Å². The molecular formula is C13H17NO5. The van der Waals surface area contributed by atoms with Gasteiger partial charge in [0, 0.05) is 12.8 Å². The fourth-order valence-electron chi connectivity index (χ4n) is 1.81. The van der Waals surface area contributed by atoms with Gasteiger partial charge in [-0.05, 0) is 17.7 Å². The Balaban J connectivity index is 3.00. The Morgan fingerprint density at radius 3 is 2.26 bits per heavy atom. The van der Waals surface area contributed by atoms with Gasteiger partial charge in [-0.2, -0.15) is 0 Å². The molecule has 0 spiro atoms. The predicted octanol–water partition coefficient (Wildman–Crippen LogP) is 0.360. The predicted molar refractivity (Wildman–Crippen MR) is 68.1 cm³/mol. The molecule has 1 aromatic carbocycles. The lowest BCUT2D eigenvalue weighted by atomic mass is 9.92. The topological polar surface area (TPSA) is 95.9 Å². The van der Waals surface area contributed by atoms with Crippen LogP contribution in [0, 0.1) is 0 Å². The first kappa shape index (κ1) is 15.0. The van der Waals surface area contributed by atoms with Gasteiger partial charge in [0.25, 0.3) is 0 Å². The zero-order valence-electron chi connectivity index (χ0n) is 10.8. The molecular weight excluding hydrogens is 250 g/mol. The van der Waals surface area contributed by atoms with E-state index >= 15 is 0 Å². The number of amides is 1. The Hall–Kier alpha value is -2.08. The number of nitrogens with one attached hydrogen (secondary N) is 1. The minimum atomic E-state index is -1.19. The van der Waals surface area contributed by atoms with Crippen molar-refractivity contribution in [1.29, 1.82) is 0 Å². The fraction of sp³-hybridized carbons (Fsp3) is 0.385. The molecule has 1 rings (SSSR count). The van der Waals surface area contributed by atoms with E-state index in [1.54, 1.807) is 24.3 Å². The van der Waals surface area contributed by atoms with E-state index in [9.17, 15) is 14.7 Å². The van der Waals surface area contributed by atoms with Gasteiger partial charge in [0.2, 0.25) is 5.91 Å². The highest BCUT2D eigenvalue weighted by atomic mass is 16.5. The van der Waals surface area contributed by atoms with E-state index in [2.05, 4.69) is 5.32 Å². The minimum Gasteiger partial charge on any atom is -0.497 e. The maximum Gasteiger partial charge on any atom is 0.326 e. The van der Waals surface area contributed by atoms with Gasteiger partial charge in [-0.25, -0.2) is 4.79 Å². The highest BCUT2D eigenvalue weighted by molar-refractivity contribution is 5.83. The number of carbonyl (C=O) groups is 2. The molecule has 0 saturated carbocycles. The van der Waals surface area contributed by atoms with Crippen molar-refractivity contribution in [3.8, 4) is 5.75 Å². The van der Waals surface area contributed by atoms with Crippen LogP contribution in [0.1, 0.15) is 18.4 Å². The number of carbonyl (C=O) groups excluding carboxylic acids is 1. The Morgan fingerprint density at radius 2 is 1.89 bits per heavy atom. The van der Waals surface area contributed by atoms with Gasteiger partial charge in [0.1, 0.15) is 11.8 Å². The summed E-state index contributed by atoms with van der Waals surface area (Å²) >= 11 is 0. The number of aliphatic carboxylic acids is 1. The van der Waals surface area contributed by atoms with E-state index in [0.29, 0.717) is 11.3 Å². The summed E-state index contributed by atoms with van der Waals surface area (Å²) in [7, 11) is 1.52. The van der Waals surface area contributed by atoms with Crippen molar-refractivity contribution in [2.75, 3.05) is 13.7 Å². The molecule has 0 aliphatic heterocycles. The average molecular weight is 267 g/mol. The van der Waals surface area contributed by atoms with Crippen LogP contribution in [0.5, 0.6) is 5.75 Å². The number of rotatable bonds is 6. The van der Waals surface area contributed by atoms with E-state index in [1.165, 1.54) is 14.0 Å². The van der Waals surface area contributed by atoms with Crippen LogP contribution in [0.4, 0.5) is 0 Å².